The van der Waals surface area contributed by atoms with Crippen LogP contribution in [0, 0.1) is 0 Å². The summed E-state index contributed by atoms with van der Waals surface area (Å²) < 4.78 is 30.6. The Labute approximate surface area is 177 Å². The van der Waals surface area contributed by atoms with E-state index in [4.69, 9.17) is 0 Å². The molecule has 0 spiro atoms. The predicted octanol–water partition coefficient (Wildman–Crippen LogP) is 4.12. The topological polar surface area (TPSA) is 64.0 Å². The number of nitrogens with zero attached hydrogens (tertiary/aromatic N) is 2. The average molecular weight is 418 g/mol. The van der Waals surface area contributed by atoms with Crippen LogP contribution >= 0.6 is 0 Å². The average Bonchev–Trinajstić information content (AvgIpc) is 3.21. The van der Waals surface area contributed by atoms with Gasteiger partial charge in [-0.15, -0.1) is 0 Å². The summed E-state index contributed by atoms with van der Waals surface area (Å²) in [5.41, 5.74) is 3.37. The van der Waals surface area contributed by atoms with Crippen molar-refractivity contribution in [1.29, 1.82) is 0 Å². The maximum Gasteiger partial charge on any atom is 0.244 e. The van der Waals surface area contributed by atoms with Crippen molar-refractivity contribution in [2.24, 2.45) is 0 Å². The predicted molar refractivity (Wildman–Crippen MR) is 119 cm³/mol. The van der Waals surface area contributed by atoms with Crippen molar-refractivity contribution in [2.75, 3.05) is 6.54 Å². The first kappa shape index (κ1) is 20.1. The van der Waals surface area contributed by atoms with Crippen molar-refractivity contribution >= 4 is 10.0 Å². The summed E-state index contributed by atoms with van der Waals surface area (Å²) in [4.78, 5) is 0.192. The van der Waals surface area contributed by atoms with Crippen LogP contribution < -0.4 is 4.72 Å². The molecule has 152 valence electrons. The van der Waals surface area contributed by atoms with Gasteiger partial charge >= 0.3 is 0 Å². The van der Waals surface area contributed by atoms with E-state index in [2.05, 4.69) is 9.82 Å². The zero-order chi connectivity index (χ0) is 20.8. The van der Waals surface area contributed by atoms with E-state index in [1.165, 1.54) is 0 Å². The van der Waals surface area contributed by atoms with Gasteiger partial charge < -0.3 is 0 Å². The van der Waals surface area contributed by atoms with Crippen LogP contribution in [0.25, 0.3) is 11.3 Å². The number of sulfonamides is 1. The van der Waals surface area contributed by atoms with Crippen LogP contribution in [0.2, 0.25) is 0 Å². The number of rotatable bonds is 8. The van der Waals surface area contributed by atoms with E-state index in [1.807, 2.05) is 91.0 Å². The third-order valence-corrected chi connectivity index (χ3v) is 6.26. The van der Waals surface area contributed by atoms with E-state index in [0.717, 1.165) is 16.7 Å². The SMILES string of the molecule is O=S(=O)(NCCc1ccccc1)c1cn(Cc2ccccc2)nc1-c1ccccc1. The molecule has 0 radical (unpaired) electrons. The van der Waals surface area contributed by atoms with Crippen molar-refractivity contribution in [3.63, 3.8) is 0 Å². The van der Waals surface area contributed by atoms with Gasteiger partial charge in [0.25, 0.3) is 0 Å². The normalized spacial score (nSPS) is 11.5. The third kappa shape index (κ3) is 4.84. The molecule has 4 aromatic rings. The first-order chi connectivity index (χ1) is 14.6. The molecule has 3 aromatic carbocycles. The highest BCUT2D eigenvalue weighted by molar-refractivity contribution is 7.89. The van der Waals surface area contributed by atoms with E-state index in [0.29, 0.717) is 25.2 Å². The summed E-state index contributed by atoms with van der Waals surface area (Å²) in [6.07, 6.45) is 2.24. The van der Waals surface area contributed by atoms with Crippen LogP contribution in [-0.2, 0) is 23.0 Å². The molecule has 0 amide bonds. The molecule has 0 fully saturated rings. The monoisotopic (exact) mass is 417 g/mol. The molecule has 5 nitrogen and oxygen atoms in total. The molecule has 0 aliphatic rings. The highest BCUT2D eigenvalue weighted by atomic mass is 32.2. The fourth-order valence-corrected chi connectivity index (χ4v) is 4.50. The Morgan fingerprint density at radius 3 is 1.97 bits per heavy atom. The molecule has 0 bridgehead atoms. The maximum atomic E-state index is 13.1. The second-order valence-corrected chi connectivity index (χ2v) is 8.76. The molecule has 0 aliphatic heterocycles. The van der Waals surface area contributed by atoms with Crippen molar-refractivity contribution in [2.45, 2.75) is 17.9 Å². The van der Waals surface area contributed by atoms with Crippen molar-refractivity contribution in [3.8, 4) is 11.3 Å². The summed E-state index contributed by atoms with van der Waals surface area (Å²) in [6, 6.07) is 29.1. The first-order valence-electron chi connectivity index (χ1n) is 9.82. The van der Waals surface area contributed by atoms with Crippen LogP contribution in [0.5, 0.6) is 0 Å². The highest BCUT2D eigenvalue weighted by Gasteiger charge is 2.23. The lowest BCUT2D eigenvalue weighted by atomic mass is 10.2. The number of benzene rings is 3. The maximum absolute atomic E-state index is 13.1. The van der Waals surface area contributed by atoms with Gasteiger partial charge in [-0.05, 0) is 17.5 Å². The van der Waals surface area contributed by atoms with Gasteiger partial charge in [-0.3, -0.25) is 4.68 Å². The lowest BCUT2D eigenvalue weighted by Crippen LogP contribution is -2.26. The number of nitrogens with one attached hydrogen (secondary N) is 1. The molecule has 30 heavy (non-hydrogen) atoms. The molecule has 0 aliphatic carbocycles. The molecular formula is C24H23N3O2S. The van der Waals surface area contributed by atoms with Gasteiger partial charge in [0.1, 0.15) is 10.6 Å². The van der Waals surface area contributed by atoms with Gasteiger partial charge in [-0.25, -0.2) is 13.1 Å². The van der Waals surface area contributed by atoms with E-state index >= 15 is 0 Å². The van der Waals surface area contributed by atoms with Gasteiger partial charge in [0, 0.05) is 18.3 Å². The number of aromatic nitrogens is 2. The minimum absolute atomic E-state index is 0.192. The second kappa shape index (κ2) is 9.07. The summed E-state index contributed by atoms with van der Waals surface area (Å²) in [6.45, 7) is 0.824. The fourth-order valence-electron chi connectivity index (χ4n) is 3.30. The Bertz CT molecular complexity index is 1190. The summed E-state index contributed by atoms with van der Waals surface area (Å²) in [5.74, 6) is 0. The molecule has 1 N–H and O–H groups in total. The number of hydrogen-bond donors (Lipinski definition) is 1. The molecule has 0 atom stereocenters. The molecule has 1 heterocycles. The van der Waals surface area contributed by atoms with Crippen molar-refractivity contribution < 1.29 is 8.42 Å². The zero-order valence-electron chi connectivity index (χ0n) is 16.5. The first-order valence-corrected chi connectivity index (χ1v) is 11.3. The molecule has 0 saturated carbocycles. The molecule has 0 saturated heterocycles. The van der Waals surface area contributed by atoms with Gasteiger partial charge in [-0.1, -0.05) is 91.0 Å². The zero-order valence-corrected chi connectivity index (χ0v) is 17.3. The Hall–Kier alpha value is -3.22. The minimum atomic E-state index is -3.71. The van der Waals surface area contributed by atoms with Crippen molar-refractivity contribution in [3.05, 3.63) is 108 Å². The molecular weight excluding hydrogens is 394 g/mol. The molecule has 0 unspecified atom stereocenters. The van der Waals surface area contributed by atoms with Crippen LogP contribution in [0.15, 0.2) is 102 Å². The number of hydrogen-bond acceptors (Lipinski definition) is 3. The largest absolute Gasteiger partial charge is 0.266 e. The Morgan fingerprint density at radius 1 is 0.767 bits per heavy atom. The Morgan fingerprint density at radius 2 is 1.33 bits per heavy atom. The molecule has 6 heteroatoms. The van der Waals surface area contributed by atoms with E-state index < -0.39 is 10.0 Å². The van der Waals surface area contributed by atoms with Gasteiger partial charge in [0.2, 0.25) is 10.0 Å². The van der Waals surface area contributed by atoms with E-state index in [9.17, 15) is 8.42 Å². The molecule has 4 rings (SSSR count). The van der Waals surface area contributed by atoms with Crippen LogP contribution in [0.3, 0.4) is 0 Å². The van der Waals surface area contributed by atoms with E-state index in [-0.39, 0.29) is 4.90 Å². The summed E-state index contributed by atoms with van der Waals surface area (Å²) in [7, 11) is -3.71. The Balaban J connectivity index is 1.61. The standard InChI is InChI=1S/C24H23N3O2S/c28-30(29,25-17-16-20-10-4-1-5-11-20)23-19-27(18-21-12-6-2-7-13-21)26-24(23)22-14-8-3-9-15-22/h1-15,19,25H,16-18H2. The fraction of sp³-hybridized carbons (Fsp3) is 0.125. The molecule has 1 aromatic heterocycles. The summed E-state index contributed by atoms with van der Waals surface area (Å²) >= 11 is 0. The lowest BCUT2D eigenvalue weighted by Gasteiger charge is -2.07. The van der Waals surface area contributed by atoms with Crippen molar-refractivity contribution in [1.82, 2.24) is 14.5 Å². The lowest BCUT2D eigenvalue weighted by molar-refractivity contribution is 0.581. The van der Waals surface area contributed by atoms with Gasteiger partial charge in [-0.2, -0.15) is 5.10 Å². The highest BCUT2D eigenvalue weighted by Crippen LogP contribution is 2.26. The third-order valence-electron chi connectivity index (χ3n) is 4.80. The summed E-state index contributed by atoms with van der Waals surface area (Å²) in [5, 5.41) is 4.61. The van der Waals surface area contributed by atoms with Gasteiger partial charge in [0.05, 0.1) is 6.54 Å². The Kier molecular flexibility index (Phi) is 6.07. The van der Waals surface area contributed by atoms with Crippen LogP contribution in [-0.4, -0.2) is 24.7 Å². The smallest absolute Gasteiger partial charge is 0.244 e. The minimum Gasteiger partial charge on any atom is -0.266 e. The van der Waals surface area contributed by atoms with Crippen LogP contribution in [0.1, 0.15) is 11.1 Å². The van der Waals surface area contributed by atoms with E-state index in [1.54, 1.807) is 10.9 Å². The quantitative estimate of drug-likeness (QED) is 0.469. The van der Waals surface area contributed by atoms with Crippen LogP contribution in [0.4, 0.5) is 0 Å². The van der Waals surface area contributed by atoms with Gasteiger partial charge in [0.15, 0.2) is 0 Å². The second-order valence-electron chi connectivity index (χ2n) is 7.02.